The minimum atomic E-state index is -1.14. The largest absolute Gasteiger partial charge is 0.469 e. The molecule has 348 valence electrons. The lowest BCUT2D eigenvalue weighted by Crippen LogP contribution is -2.57. The number of aliphatic imine (C=N–C) groups is 1. The molecule has 1 fully saturated rings. The van der Waals surface area contributed by atoms with Crippen LogP contribution in [0.4, 0.5) is 4.39 Å². The minimum Gasteiger partial charge on any atom is -0.469 e. The van der Waals surface area contributed by atoms with Crippen molar-refractivity contribution in [1.82, 2.24) is 35.3 Å². The maximum atomic E-state index is 15.5. The van der Waals surface area contributed by atoms with Gasteiger partial charge in [-0.3, -0.25) is 28.7 Å². The maximum Gasteiger partial charge on any atom is 0.308 e. The highest BCUT2D eigenvalue weighted by atomic mass is 32.1. The Morgan fingerprint density at radius 3 is 2.27 bits per heavy atom. The summed E-state index contributed by atoms with van der Waals surface area (Å²) in [6, 6.07) is 16.0. The zero-order valence-corrected chi connectivity index (χ0v) is 40.4. The van der Waals surface area contributed by atoms with Crippen LogP contribution >= 0.6 is 22.7 Å². The standard InChI is InChI=1S/C50H53FN8O6S2/c1-25-28(4)67-49-41(25)42(54-38(22-40(61)65-9)45-57-56-29(5)59(45)49)32-14-12-31(13-15-32)34-18-35(20-36(51)19-34)46(62)55-44(50(6,7)8)48(64)58-23-37(60)21-39(58)47(63)53-26(2)30-10-16-33(17-11-30)43-27(3)52-24-66-43/h10-20,24,26,37-39,44,60H,21-23H2,1-9H3,(H,53,63)(H,55,62)/t26-,37+,38-,39-,44+/m0/s1. The number of methoxy groups -OCH3 is 1. The van der Waals surface area contributed by atoms with Gasteiger partial charge in [-0.25, -0.2) is 9.37 Å². The molecule has 6 aromatic rings. The van der Waals surface area contributed by atoms with Gasteiger partial charge in [0.2, 0.25) is 11.8 Å². The molecule has 5 heterocycles. The first-order valence-corrected chi connectivity index (χ1v) is 23.7. The molecule has 3 N–H and O–H groups in total. The third-order valence-corrected chi connectivity index (χ3v) is 14.7. The number of nitrogens with one attached hydrogen (secondary N) is 2. The molecule has 5 atom stereocenters. The van der Waals surface area contributed by atoms with Crippen molar-refractivity contribution in [3.8, 4) is 26.6 Å². The van der Waals surface area contributed by atoms with E-state index < -0.39 is 65.2 Å². The molecule has 0 aliphatic carbocycles. The first kappa shape index (κ1) is 47.1. The van der Waals surface area contributed by atoms with Crippen LogP contribution in [-0.2, 0) is 19.1 Å². The van der Waals surface area contributed by atoms with Crippen LogP contribution in [0.3, 0.4) is 0 Å². The number of aliphatic hydroxyl groups excluding tert-OH is 1. The molecule has 67 heavy (non-hydrogen) atoms. The number of halogens is 1. The first-order valence-electron chi connectivity index (χ1n) is 22.0. The number of benzene rings is 3. The molecule has 2 aliphatic heterocycles. The lowest BCUT2D eigenvalue weighted by molar-refractivity contribution is -0.142. The van der Waals surface area contributed by atoms with Gasteiger partial charge < -0.3 is 25.4 Å². The molecule has 0 spiro atoms. The second-order valence-electron chi connectivity index (χ2n) is 18.3. The number of likely N-dealkylation sites (tertiary alicyclic amines) is 1. The summed E-state index contributed by atoms with van der Waals surface area (Å²) in [6.45, 7) is 15.0. The monoisotopic (exact) mass is 944 g/mol. The average molecular weight is 945 g/mol. The fraction of sp³-hybridized carbons (Fsp3) is 0.360. The van der Waals surface area contributed by atoms with Crippen LogP contribution < -0.4 is 10.6 Å². The van der Waals surface area contributed by atoms with Crippen molar-refractivity contribution in [3.63, 3.8) is 0 Å². The van der Waals surface area contributed by atoms with Crippen LogP contribution in [0.1, 0.15) is 107 Å². The Kier molecular flexibility index (Phi) is 13.1. The number of aryl methyl sites for hydroxylation is 3. The zero-order valence-electron chi connectivity index (χ0n) is 38.8. The summed E-state index contributed by atoms with van der Waals surface area (Å²) in [5.41, 5.74) is 8.17. The van der Waals surface area contributed by atoms with Crippen molar-refractivity contribution in [2.75, 3.05) is 13.7 Å². The smallest absolute Gasteiger partial charge is 0.308 e. The lowest BCUT2D eigenvalue weighted by atomic mass is 9.85. The number of ether oxygens (including phenoxy) is 1. The Bertz CT molecular complexity index is 2920. The molecule has 0 saturated carbocycles. The molecule has 2 aliphatic rings. The minimum absolute atomic E-state index is 0.00608. The highest BCUT2D eigenvalue weighted by Crippen LogP contribution is 2.40. The topological polar surface area (TPSA) is 181 Å². The van der Waals surface area contributed by atoms with Gasteiger partial charge >= 0.3 is 5.97 Å². The molecule has 8 rings (SSSR count). The number of nitrogens with zero attached hydrogens (tertiary/aromatic N) is 6. The third kappa shape index (κ3) is 9.45. The summed E-state index contributed by atoms with van der Waals surface area (Å²) in [5.74, 6) is -1.54. The van der Waals surface area contributed by atoms with E-state index in [1.54, 1.807) is 55.0 Å². The van der Waals surface area contributed by atoms with E-state index in [-0.39, 0.29) is 24.9 Å². The second-order valence-corrected chi connectivity index (χ2v) is 20.3. The number of aliphatic hydroxyl groups is 1. The van der Waals surface area contributed by atoms with E-state index in [0.717, 1.165) is 54.3 Å². The molecule has 3 aromatic heterocycles. The molecular weight excluding hydrogens is 892 g/mol. The van der Waals surface area contributed by atoms with Gasteiger partial charge in [0.1, 0.15) is 34.8 Å². The van der Waals surface area contributed by atoms with Gasteiger partial charge in [-0.2, -0.15) is 0 Å². The Balaban J connectivity index is 1.01. The van der Waals surface area contributed by atoms with Crippen LogP contribution in [0.25, 0.3) is 26.6 Å². The Morgan fingerprint density at radius 2 is 1.61 bits per heavy atom. The molecule has 1 saturated heterocycles. The number of fused-ring (bicyclic) bond motifs is 3. The molecular formula is C50H53FN8O6S2. The normalized spacial score (nSPS) is 17.7. The van der Waals surface area contributed by atoms with Crippen molar-refractivity contribution in [1.29, 1.82) is 0 Å². The van der Waals surface area contributed by atoms with E-state index in [0.29, 0.717) is 28.5 Å². The summed E-state index contributed by atoms with van der Waals surface area (Å²) >= 11 is 3.15. The molecule has 0 bridgehead atoms. The molecule has 14 nitrogen and oxygen atoms in total. The van der Waals surface area contributed by atoms with Crippen LogP contribution in [0.5, 0.6) is 0 Å². The number of rotatable bonds is 11. The van der Waals surface area contributed by atoms with Crippen molar-refractivity contribution in [2.24, 2.45) is 10.4 Å². The highest BCUT2D eigenvalue weighted by molar-refractivity contribution is 7.15. The summed E-state index contributed by atoms with van der Waals surface area (Å²) in [5, 5.41) is 26.3. The van der Waals surface area contributed by atoms with E-state index >= 15 is 4.39 Å². The molecule has 0 radical (unpaired) electrons. The van der Waals surface area contributed by atoms with Gasteiger partial charge in [-0.15, -0.1) is 32.9 Å². The Hall–Kier alpha value is -6.43. The highest BCUT2D eigenvalue weighted by Gasteiger charge is 2.45. The van der Waals surface area contributed by atoms with Crippen molar-refractivity contribution >= 4 is 52.1 Å². The second kappa shape index (κ2) is 18.7. The fourth-order valence-corrected chi connectivity index (χ4v) is 10.7. The third-order valence-electron chi connectivity index (χ3n) is 12.5. The summed E-state index contributed by atoms with van der Waals surface area (Å²) in [4.78, 5) is 67.9. The number of amides is 3. The zero-order chi connectivity index (χ0) is 48.1. The summed E-state index contributed by atoms with van der Waals surface area (Å²) in [7, 11) is 1.33. The van der Waals surface area contributed by atoms with E-state index in [9.17, 15) is 24.3 Å². The van der Waals surface area contributed by atoms with Gasteiger partial charge in [0.15, 0.2) is 5.82 Å². The fourth-order valence-electron chi connectivity index (χ4n) is 8.70. The maximum absolute atomic E-state index is 15.5. The van der Waals surface area contributed by atoms with Crippen LogP contribution in [0.2, 0.25) is 0 Å². The Labute approximate surface area is 396 Å². The van der Waals surface area contributed by atoms with Gasteiger partial charge in [-0.05, 0) is 86.1 Å². The van der Waals surface area contributed by atoms with Gasteiger partial charge in [0.05, 0.1) is 47.5 Å². The number of aromatic nitrogens is 4. The van der Waals surface area contributed by atoms with E-state index in [2.05, 4.69) is 25.8 Å². The number of hydrogen-bond acceptors (Lipinski definition) is 12. The van der Waals surface area contributed by atoms with Crippen LogP contribution in [0.15, 0.2) is 77.2 Å². The van der Waals surface area contributed by atoms with Crippen molar-refractivity contribution in [3.05, 3.63) is 128 Å². The molecule has 0 unspecified atom stereocenters. The lowest BCUT2D eigenvalue weighted by Gasteiger charge is -2.35. The molecule has 17 heteroatoms. The number of carbonyl (C=O) groups is 4. The quantitative estimate of drug-likeness (QED) is 0.109. The van der Waals surface area contributed by atoms with Crippen LogP contribution in [-0.4, -0.2) is 91.0 Å². The number of thiophene rings is 1. The molecule has 3 aromatic carbocycles. The average Bonchev–Trinajstić information content (AvgIpc) is 4.06. The predicted molar refractivity (Wildman–Crippen MR) is 256 cm³/mol. The number of hydrogen-bond donors (Lipinski definition) is 3. The molecule has 3 amide bonds. The number of esters is 1. The van der Waals surface area contributed by atoms with Gasteiger partial charge in [0, 0.05) is 34.5 Å². The predicted octanol–water partition coefficient (Wildman–Crippen LogP) is 7.93. The Morgan fingerprint density at radius 1 is 0.925 bits per heavy atom. The van der Waals surface area contributed by atoms with Crippen molar-refractivity contribution in [2.45, 2.75) is 98.5 Å². The van der Waals surface area contributed by atoms with Crippen molar-refractivity contribution < 1.29 is 33.4 Å². The SMILES string of the molecule is COC(=O)C[C@@H]1N=C(c2ccc(-c3cc(F)cc(C(=O)N[C@H](C(=O)N4C[C@H](O)C[C@H]4C(=O)N[C@@H](C)c4ccc(-c5scnc5C)cc4)C(C)(C)C)c3)cc2)c2c(sc(C)c2C)-n2c(C)nnc21. The number of thiazole rings is 1. The first-order chi connectivity index (χ1) is 31.8. The van der Waals surface area contributed by atoms with Gasteiger partial charge in [-0.1, -0.05) is 69.3 Å². The van der Waals surface area contributed by atoms with E-state index in [4.69, 9.17) is 9.73 Å². The van der Waals surface area contributed by atoms with E-state index in [1.807, 2.05) is 87.7 Å². The van der Waals surface area contributed by atoms with E-state index in [1.165, 1.54) is 18.1 Å². The number of carbonyl (C=O) groups excluding carboxylic acids is 4. The van der Waals surface area contributed by atoms with Crippen LogP contribution in [0, 0.1) is 38.9 Å². The summed E-state index contributed by atoms with van der Waals surface area (Å²) < 4.78 is 22.5. The summed E-state index contributed by atoms with van der Waals surface area (Å²) in [6.07, 6.45) is -0.964. The van der Waals surface area contributed by atoms with Gasteiger partial charge in [0.25, 0.3) is 5.91 Å². The number of β-amino-alcohol motifs (C(OH)–C–C–N with tert-alkyl or cyclic N) is 1.